The number of hydrogen-bond donors (Lipinski definition) is 0. The van der Waals surface area contributed by atoms with Crippen molar-refractivity contribution in [2.75, 3.05) is 13.2 Å². The van der Waals surface area contributed by atoms with Gasteiger partial charge < -0.3 is 18.8 Å². The molecule has 0 radical (unpaired) electrons. The summed E-state index contributed by atoms with van der Waals surface area (Å²) in [4.78, 5) is 35.9. The van der Waals surface area contributed by atoms with Gasteiger partial charge in [0.05, 0.1) is 17.6 Å². The van der Waals surface area contributed by atoms with E-state index in [0.717, 1.165) is 4.88 Å². The van der Waals surface area contributed by atoms with Crippen LogP contribution in [0.15, 0.2) is 64.8 Å². The van der Waals surface area contributed by atoms with Crippen molar-refractivity contribution in [3.63, 3.8) is 0 Å². The van der Waals surface area contributed by atoms with Crippen LogP contribution in [-0.4, -0.2) is 50.1 Å². The summed E-state index contributed by atoms with van der Waals surface area (Å²) in [7, 11) is 0. The van der Waals surface area contributed by atoms with E-state index in [9.17, 15) is 9.59 Å². The first-order chi connectivity index (χ1) is 16.6. The Kier molecular flexibility index (Phi) is 7.56. The Balaban J connectivity index is 1.38. The molecule has 0 unspecified atom stereocenters. The maximum Gasteiger partial charge on any atom is 0.344 e. The molecule has 0 bridgehead atoms. The number of nitrogens with zero attached hydrogens (tertiary/aromatic N) is 5. The van der Waals surface area contributed by atoms with Gasteiger partial charge in [-0.2, -0.15) is 0 Å². The molecule has 0 aliphatic carbocycles. The SMILES string of the molecule is CCCN(Cc1nnc(-c2cccs2)o1)C(=O)COC(=O)c1cccnc1Oc1cccnc1. The molecule has 0 spiro atoms. The molecule has 0 saturated heterocycles. The molecule has 0 atom stereocenters. The largest absolute Gasteiger partial charge is 0.452 e. The fourth-order valence-electron chi connectivity index (χ4n) is 2.99. The third-order valence-corrected chi connectivity index (χ3v) is 5.40. The van der Waals surface area contributed by atoms with Crippen molar-refractivity contribution in [3.8, 4) is 22.4 Å². The molecule has 0 N–H and O–H groups in total. The lowest BCUT2D eigenvalue weighted by atomic mass is 10.3. The lowest BCUT2D eigenvalue weighted by Gasteiger charge is -2.20. The number of thiophene rings is 1. The van der Waals surface area contributed by atoms with E-state index in [1.54, 1.807) is 24.4 Å². The number of esters is 1. The van der Waals surface area contributed by atoms with Crippen LogP contribution < -0.4 is 4.74 Å². The van der Waals surface area contributed by atoms with Gasteiger partial charge in [-0.15, -0.1) is 21.5 Å². The van der Waals surface area contributed by atoms with Gasteiger partial charge in [0, 0.05) is 18.9 Å². The van der Waals surface area contributed by atoms with E-state index in [4.69, 9.17) is 13.9 Å². The van der Waals surface area contributed by atoms with Gasteiger partial charge in [0.1, 0.15) is 11.3 Å². The third kappa shape index (κ3) is 5.81. The quantitative estimate of drug-likeness (QED) is 0.311. The van der Waals surface area contributed by atoms with Crippen LogP contribution in [0.5, 0.6) is 11.6 Å². The number of ether oxygens (including phenoxy) is 2. The average Bonchev–Trinajstić information content (AvgIpc) is 3.55. The van der Waals surface area contributed by atoms with Crippen LogP contribution in [0, 0.1) is 0 Å². The van der Waals surface area contributed by atoms with Gasteiger partial charge in [0.2, 0.25) is 11.8 Å². The molecule has 10 nitrogen and oxygen atoms in total. The van der Waals surface area contributed by atoms with E-state index < -0.39 is 12.6 Å². The number of carbonyl (C=O) groups is 2. The Bertz CT molecular complexity index is 1230. The molecule has 0 aliphatic rings. The molecule has 34 heavy (non-hydrogen) atoms. The minimum atomic E-state index is -0.727. The monoisotopic (exact) mass is 479 g/mol. The fraction of sp³-hybridized carbons (Fsp3) is 0.217. The molecule has 4 aromatic rings. The summed E-state index contributed by atoms with van der Waals surface area (Å²) in [5.41, 5.74) is 0.0960. The Morgan fingerprint density at radius 1 is 1.12 bits per heavy atom. The van der Waals surface area contributed by atoms with E-state index in [1.807, 2.05) is 24.4 Å². The summed E-state index contributed by atoms with van der Waals surface area (Å²) in [6, 6.07) is 10.2. The predicted octanol–water partition coefficient (Wildman–Crippen LogP) is 3.98. The molecular formula is C23H21N5O5S. The van der Waals surface area contributed by atoms with Crippen molar-refractivity contribution >= 4 is 23.2 Å². The maximum atomic E-state index is 12.8. The van der Waals surface area contributed by atoms with Gasteiger partial charge in [-0.3, -0.25) is 9.78 Å². The predicted molar refractivity (Wildman–Crippen MR) is 122 cm³/mol. The van der Waals surface area contributed by atoms with Crippen molar-refractivity contribution in [2.45, 2.75) is 19.9 Å². The molecular weight excluding hydrogens is 458 g/mol. The standard InChI is InChI=1S/C23H21N5O5S/c1-2-11-28(14-19-26-27-22(33-19)18-8-5-12-34-18)20(29)15-31-23(30)17-7-4-10-25-21(17)32-16-6-3-9-24-13-16/h3-10,12-13H,2,11,14-15H2,1H3. The summed E-state index contributed by atoms with van der Waals surface area (Å²) >= 11 is 1.48. The average molecular weight is 480 g/mol. The number of amides is 1. The second kappa shape index (κ2) is 11.1. The molecule has 0 aliphatic heterocycles. The molecule has 1 amide bonds. The summed E-state index contributed by atoms with van der Waals surface area (Å²) < 4.78 is 16.6. The van der Waals surface area contributed by atoms with Gasteiger partial charge in [-0.05, 0) is 42.1 Å². The number of rotatable bonds is 10. The molecule has 0 fully saturated rings. The zero-order valence-corrected chi connectivity index (χ0v) is 19.1. The highest BCUT2D eigenvalue weighted by molar-refractivity contribution is 7.13. The van der Waals surface area contributed by atoms with Crippen LogP contribution in [0.1, 0.15) is 29.6 Å². The van der Waals surface area contributed by atoms with E-state index in [2.05, 4.69) is 20.2 Å². The second-order valence-electron chi connectivity index (χ2n) is 7.02. The normalized spacial score (nSPS) is 10.6. The van der Waals surface area contributed by atoms with Crippen LogP contribution in [-0.2, 0) is 16.1 Å². The molecule has 0 aromatic carbocycles. The highest BCUT2D eigenvalue weighted by Crippen LogP contribution is 2.24. The highest BCUT2D eigenvalue weighted by atomic mass is 32.1. The maximum absolute atomic E-state index is 12.8. The van der Waals surface area contributed by atoms with Gasteiger partial charge in [-0.25, -0.2) is 9.78 Å². The van der Waals surface area contributed by atoms with Crippen molar-refractivity contribution in [1.29, 1.82) is 0 Å². The minimum Gasteiger partial charge on any atom is -0.452 e. The summed E-state index contributed by atoms with van der Waals surface area (Å²) in [6.07, 6.45) is 5.30. The molecule has 4 aromatic heterocycles. The zero-order chi connectivity index (χ0) is 23.8. The van der Waals surface area contributed by atoms with Gasteiger partial charge in [-0.1, -0.05) is 13.0 Å². The lowest BCUT2D eigenvalue weighted by Crippen LogP contribution is -2.35. The number of carbonyl (C=O) groups excluding carboxylic acids is 2. The Labute approximate surface area is 199 Å². The first-order valence-electron chi connectivity index (χ1n) is 10.5. The highest BCUT2D eigenvalue weighted by Gasteiger charge is 2.21. The Hall–Kier alpha value is -4.12. The topological polar surface area (TPSA) is 121 Å². The third-order valence-electron chi connectivity index (χ3n) is 4.54. The number of hydrogen-bond acceptors (Lipinski definition) is 10. The summed E-state index contributed by atoms with van der Waals surface area (Å²) in [6.45, 7) is 2.04. The molecule has 0 saturated carbocycles. The van der Waals surface area contributed by atoms with Crippen LogP contribution >= 0.6 is 11.3 Å². The van der Waals surface area contributed by atoms with E-state index >= 15 is 0 Å². The van der Waals surface area contributed by atoms with Crippen molar-refractivity contribution < 1.29 is 23.5 Å². The summed E-state index contributed by atoms with van der Waals surface area (Å²) in [5.74, 6) is 0.0699. The smallest absolute Gasteiger partial charge is 0.344 e. The second-order valence-corrected chi connectivity index (χ2v) is 7.96. The van der Waals surface area contributed by atoms with Crippen LogP contribution in [0.2, 0.25) is 0 Å². The van der Waals surface area contributed by atoms with Gasteiger partial charge >= 0.3 is 5.97 Å². The van der Waals surface area contributed by atoms with Crippen LogP contribution in [0.3, 0.4) is 0 Å². The molecule has 4 rings (SSSR count). The van der Waals surface area contributed by atoms with Crippen LogP contribution in [0.25, 0.3) is 10.8 Å². The van der Waals surface area contributed by atoms with E-state index in [1.165, 1.54) is 34.7 Å². The Morgan fingerprint density at radius 3 is 2.76 bits per heavy atom. The molecule has 11 heteroatoms. The van der Waals surface area contributed by atoms with E-state index in [-0.39, 0.29) is 23.9 Å². The van der Waals surface area contributed by atoms with Crippen molar-refractivity contribution in [2.24, 2.45) is 0 Å². The van der Waals surface area contributed by atoms with Crippen molar-refractivity contribution in [3.05, 3.63) is 71.8 Å². The van der Waals surface area contributed by atoms with Gasteiger partial charge in [0.25, 0.3) is 11.8 Å². The molecule has 174 valence electrons. The summed E-state index contributed by atoms with van der Waals surface area (Å²) in [5, 5.41) is 9.98. The minimum absolute atomic E-state index is 0.0605. The Morgan fingerprint density at radius 2 is 2.00 bits per heavy atom. The first-order valence-corrected chi connectivity index (χ1v) is 11.4. The zero-order valence-electron chi connectivity index (χ0n) is 18.3. The van der Waals surface area contributed by atoms with Gasteiger partial charge in [0.15, 0.2) is 6.61 Å². The van der Waals surface area contributed by atoms with E-state index in [0.29, 0.717) is 30.5 Å². The first kappa shape index (κ1) is 23.1. The van der Waals surface area contributed by atoms with Crippen LogP contribution in [0.4, 0.5) is 0 Å². The van der Waals surface area contributed by atoms with Crippen molar-refractivity contribution in [1.82, 2.24) is 25.1 Å². The number of aromatic nitrogens is 4. The number of pyridine rings is 2. The lowest BCUT2D eigenvalue weighted by molar-refractivity contribution is -0.135. The molecule has 4 heterocycles. The fourth-order valence-corrected chi connectivity index (χ4v) is 3.63.